The average molecular weight is 328 g/mol. The van der Waals surface area contributed by atoms with E-state index in [-0.39, 0.29) is 11.9 Å². The van der Waals surface area contributed by atoms with Gasteiger partial charge in [-0.3, -0.25) is 14.5 Å². The number of rotatable bonds is 6. The largest absolute Gasteiger partial charge is 0.379 e. The Kier molecular flexibility index (Phi) is 5.25. The van der Waals surface area contributed by atoms with Gasteiger partial charge in [0.2, 0.25) is 5.91 Å². The molecule has 0 fully saturated rings. The quantitative estimate of drug-likeness (QED) is 0.814. The highest BCUT2D eigenvalue weighted by Crippen LogP contribution is 2.30. The van der Waals surface area contributed by atoms with Crippen molar-refractivity contribution in [3.05, 3.63) is 47.5 Å². The van der Waals surface area contributed by atoms with Gasteiger partial charge < -0.3 is 9.64 Å². The third-order valence-corrected chi connectivity index (χ3v) is 4.43. The van der Waals surface area contributed by atoms with Gasteiger partial charge in [-0.05, 0) is 38.0 Å². The van der Waals surface area contributed by atoms with Crippen LogP contribution in [0.5, 0.6) is 0 Å². The number of aromatic nitrogens is 3. The number of aryl methyl sites for hydroxylation is 1. The minimum atomic E-state index is -0.0765. The van der Waals surface area contributed by atoms with Gasteiger partial charge in [0.1, 0.15) is 0 Å². The topological polar surface area (TPSA) is 60.2 Å². The summed E-state index contributed by atoms with van der Waals surface area (Å²) < 4.78 is 7.66. The molecule has 0 bridgehead atoms. The predicted octanol–water partition coefficient (Wildman–Crippen LogP) is 2.00. The van der Waals surface area contributed by atoms with E-state index in [0.29, 0.717) is 26.2 Å². The van der Waals surface area contributed by atoms with Gasteiger partial charge in [0, 0.05) is 31.6 Å². The van der Waals surface area contributed by atoms with Gasteiger partial charge in [0.25, 0.3) is 0 Å². The number of amides is 1. The first-order chi connectivity index (χ1) is 11.7. The molecule has 1 amide bonds. The Labute approximate surface area is 142 Å². The summed E-state index contributed by atoms with van der Waals surface area (Å²) in [6.07, 6.45) is 4.81. The maximum Gasteiger partial charge on any atom is 0.229 e. The SMILES string of the molecule is CCOCC1c2c(cnn2CC)CCN1C(=O)Cc1ccccn1. The van der Waals surface area contributed by atoms with Gasteiger partial charge in [-0.1, -0.05) is 6.07 Å². The Hall–Kier alpha value is -2.21. The highest BCUT2D eigenvalue weighted by Gasteiger charge is 2.34. The number of hydrogen-bond acceptors (Lipinski definition) is 4. The second kappa shape index (κ2) is 7.57. The molecule has 0 saturated carbocycles. The monoisotopic (exact) mass is 328 g/mol. The second-order valence-corrected chi connectivity index (χ2v) is 5.88. The van der Waals surface area contributed by atoms with E-state index in [9.17, 15) is 4.79 Å². The fraction of sp³-hybridized carbons (Fsp3) is 0.500. The molecule has 0 saturated heterocycles. The Bertz CT molecular complexity index is 670. The smallest absolute Gasteiger partial charge is 0.229 e. The first-order valence-corrected chi connectivity index (χ1v) is 8.56. The maximum absolute atomic E-state index is 12.9. The molecule has 2 aromatic rings. The average Bonchev–Trinajstić information content (AvgIpc) is 3.04. The van der Waals surface area contributed by atoms with Crippen molar-refractivity contribution < 1.29 is 9.53 Å². The zero-order valence-electron chi connectivity index (χ0n) is 14.3. The van der Waals surface area contributed by atoms with Crippen molar-refractivity contribution in [2.24, 2.45) is 0 Å². The van der Waals surface area contributed by atoms with Gasteiger partial charge in [-0.15, -0.1) is 0 Å². The predicted molar refractivity (Wildman–Crippen MR) is 90.5 cm³/mol. The van der Waals surface area contributed by atoms with Crippen LogP contribution in [0.15, 0.2) is 30.6 Å². The lowest BCUT2D eigenvalue weighted by Gasteiger charge is -2.36. The molecule has 24 heavy (non-hydrogen) atoms. The normalized spacial score (nSPS) is 16.9. The van der Waals surface area contributed by atoms with Crippen molar-refractivity contribution in [1.82, 2.24) is 19.7 Å². The van der Waals surface area contributed by atoms with Crippen molar-refractivity contribution in [1.29, 1.82) is 0 Å². The Balaban J connectivity index is 1.84. The van der Waals surface area contributed by atoms with E-state index in [1.165, 1.54) is 5.56 Å². The molecule has 0 N–H and O–H groups in total. The fourth-order valence-corrected chi connectivity index (χ4v) is 3.26. The summed E-state index contributed by atoms with van der Waals surface area (Å²) in [6.45, 7) is 6.67. The van der Waals surface area contributed by atoms with Gasteiger partial charge >= 0.3 is 0 Å². The Morgan fingerprint density at radius 1 is 1.38 bits per heavy atom. The number of carbonyl (C=O) groups excluding carboxylic acids is 1. The molecule has 3 rings (SSSR count). The van der Waals surface area contributed by atoms with Crippen LogP contribution in [0.1, 0.15) is 36.8 Å². The molecule has 3 heterocycles. The third-order valence-electron chi connectivity index (χ3n) is 4.43. The molecule has 0 radical (unpaired) electrons. The van der Waals surface area contributed by atoms with Crippen LogP contribution in [0.4, 0.5) is 0 Å². The molecule has 0 aliphatic carbocycles. The van der Waals surface area contributed by atoms with Crippen molar-refractivity contribution >= 4 is 5.91 Å². The summed E-state index contributed by atoms with van der Waals surface area (Å²) in [5, 5.41) is 4.46. The molecule has 2 aromatic heterocycles. The molecular formula is C18H24N4O2. The van der Waals surface area contributed by atoms with Crippen LogP contribution in [0.3, 0.4) is 0 Å². The Morgan fingerprint density at radius 3 is 2.96 bits per heavy atom. The highest BCUT2D eigenvalue weighted by molar-refractivity contribution is 5.79. The maximum atomic E-state index is 12.9. The molecule has 1 atom stereocenters. The van der Waals surface area contributed by atoms with Crippen LogP contribution in [0.25, 0.3) is 0 Å². The molecule has 128 valence electrons. The van der Waals surface area contributed by atoms with Crippen LogP contribution in [0.2, 0.25) is 0 Å². The molecule has 1 unspecified atom stereocenters. The number of hydrogen-bond donors (Lipinski definition) is 0. The summed E-state index contributed by atoms with van der Waals surface area (Å²) in [6, 6.07) is 5.58. The van der Waals surface area contributed by atoms with Crippen LogP contribution >= 0.6 is 0 Å². The van der Waals surface area contributed by atoms with Crippen molar-refractivity contribution in [2.45, 2.75) is 39.3 Å². The van der Waals surface area contributed by atoms with Gasteiger partial charge in [0.05, 0.1) is 31.0 Å². The number of ether oxygens (including phenoxy) is 1. The number of pyridine rings is 1. The first-order valence-electron chi connectivity index (χ1n) is 8.56. The van der Waals surface area contributed by atoms with Gasteiger partial charge in [-0.2, -0.15) is 5.10 Å². The lowest BCUT2D eigenvalue weighted by Crippen LogP contribution is -2.43. The van der Waals surface area contributed by atoms with Gasteiger partial charge in [0.15, 0.2) is 0 Å². The summed E-state index contributed by atoms with van der Waals surface area (Å²) >= 11 is 0. The Morgan fingerprint density at radius 2 is 2.25 bits per heavy atom. The standard InChI is InChI=1S/C18H24N4O2/c1-3-22-18-14(12-20-22)8-10-21(16(18)13-24-4-2)17(23)11-15-7-5-6-9-19-15/h5-7,9,12,16H,3-4,8,10-11,13H2,1-2H3. The molecular weight excluding hydrogens is 304 g/mol. The van der Waals surface area contributed by atoms with Crippen molar-refractivity contribution in [2.75, 3.05) is 19.8 Å². The van der Waals surface area contributed by atoms with Crippen molar-refractivity contribution in [3.8, 4) is 0 Å². The van der Waals surface area contributed by atoms with E-state index in [2.05, 4.69) is 17.0 Å². The molecule has 1 aliphatic heterocycles. The lowest BCUT2D eigenvalue weighted by atomic mass is 9.99. The van der Waals surface area contributed by atoms with Crippen molar-refractivity contribution in [3.63, 3.8) is 0 Å². The van der Waals surface area contributed by atoms with E-state index < -0.39 is 0 Å². The van der Waals surface area contributed by atoms with E-state index in [4.69, 9.17) is 4.74 Å². The summed E-state index contributed by atoms with van der Waals surface area (Å²) in [5.41, 5.74) is 3.14. The summed E-state index contributed by atoms with van der Waals surface area (Å²) in [7, 11) is 0. The molecule has 6 heteroatoms. The molecule has 6 nitrogen and oxygen atoms in total. The minimum Gasteiger partial charge on any atom is -0.379 e. The zero-order valence-corrected chi connectivity index (χ0v) is 14.3. The van der Waals surface area contributed by atoms with Crippen LogP contribution in [-0.4, -0.2) is 45.3 Å². The molecule has 0 aromatic carbocycles. The highest BCUT2D eigenvalue weighted by atomic mass is 16.5. The summed E-state index contributed by atoms with van der Waals surface area (Å²) in [5.74, 6) is 0.0907. The van der Waals surface area contributed by atoms with E-state index >= 15 is 0 Å². The fourth-order valence-electron chi connectivity index (χ4n) is 3.26. The van der Waals surface area contributed by atoms with E-state index in [0.717, 1.165) is 24.4 Å². The first kappa shape index (κ1) is 16.6. The number of fused-ring (bicyclic) bond motifs is 1. The van der Waals surface area contributed by atoms with Crippen LogP contribution in [0, 0.1) is 0 Å². The third kappa shape index (κ3) is 3.33. The van der Waals surface area contributed by atoms with Crippen LogP contribution < -0.4 is 0 Å². The van der Waals surface area contributed by atoms with Crippen LogP contribution in [-0.2, 0) is 28.9 Å². The molecule has 0 spiro atoms. The summed E-state index contributed by atoms with van der Waals surface area (Å²) in [4.78, 5) is 19.1. The lowest BCUT2D eigenvalue weighted by molar-refractivity contribution is -0.135. The number of carbonyl (C=O) groups is 1. The van der Waals surface area contributed by atoms with Gasteiger partial charge in [-0.25, -0.2) is 0 Å². The zero-order chi connectivity index (χ0) is 16.9. The minimum absolute atomic E-state index is 0.0765. The van der Waals surface area contributed by atoms with E-state index in [1.807, 2.05) is 40.9 Å². The van der Waals surface area contributed by atoms with E-state index in [1.54, 1.807) is 6.20 Å². The second-order valence-electron chi connectivity index (χ2n) is 5.88. The number of nitrogens with zero attached hydrogens (tertiary/aromatic N) is 4. The molecule has 1 aliphatic rings.